The number of hydrogen-bond donors (Lipinski definition) is 5. The van der Waals surface area contributed by atoms with Crippen LogP contribution in [0, 0.1) is 6.92 Å². The number of rotatable bonds is 11. The minimum Gasteiger partial charge on any atom is -0.491 e. The minimum absolute atomic E-state index is 0.0514. The van der Waals surface area contributed by atoms with Gasteiger partial charge in [0.25, 0.3) is 0 Å². The molecule has 10 nitrogen and oxygen atoms in total. The lowest BCUT2D eigenvalue weighted by Crippen LogP contribution is -2.53. The molecule has 0 heterocycles. The second-order valence-corrected chi connectivity index (χ2v) is 7.96. The third kappa shape index (κ3) is 8.62. The largest absolute Gasteiger partial charge is 0.491 e. The summed E-state index contributed by atoms with van der Waals surface area (Å²) in [6, 6.07) is 11.6. The first-order valence-electron chi connectivity index (χ1n) is 11.1. The van der Waals surface area contributed by atoms with Crippen molar-refractivity contribution in [1.82, 2.24) is 21.2 Å². The van der Waals surface area contributed by atoms with Crippen molar-refractivity contribution in [2.45, 2.75) is 53.2 Å². The number of benzene rings is 2. The lowest BCUT2D eigenvalue weighted by molar-refractivity contribution is -0.137. The Labute approximate surface area is 199 Å². The molecule has 0 fully saturated rings. The van der Waals surface area contributed by atoms with E-state index in [1.54, 1.807) is 6.07 Å². The molecule has 0 aliphatic rings. The number of carbonyl (C=O) groups is 3. The summed E-state index contributed by atoms with van der Waals surface area (Å²) in [6.07, 6.45) is 0.430. The van der Waals surface area contributed by atoms with E-state index in [2.05, 4.69) is 21.7 Å². The summed E-state index contributed by atoms with van der Waals surface area (Å²) >= 11 is 0. The van der Waals surface area contributed by atoms with Crippen LogP contribution in [0.4, 0.5) is 15.3 Å². The highest BCUT2D eigenvalue weighted by Crippen LogP contribution is 2.24. The second-order valence-electron chi connectivity index (χ2n) is 7.96. The summed E-state index contributed by atoms with van der Waals surface area (Å²) in [5.74, 6) is -0.330. The predicted molar refractivity (Wildman–Crippen MR) is 129 cm³/mol. The van der Waals surface area contributed by atoms with Crippen molar-refractivity contribution >= 4 is 23.7 Å². The highest BCUT2D eigenvalue weighted by atomic mass is 16.5. The molecule has 0 aliphatic heterocycles. The van der Waals surface area contributed by atoms with E-state index >= 15 is 0 Å². The quantitative estimate of drug-likeness (QED) is 0.317. The second kappa shape index (κ2) is 13.0. The van der Waals surface area contributed by atoms with E-state index in [0.29, 0.717) is 5.69 Å². The molecule has 0 saturated carbocycles. The van der Waals surface area contributed by atoms with E-state index in [4.69, 9.17) is 9.84 Å². The number of aliphatic carboxylic acids is 1. The maximum Gasteiger partial charge on any atom is 0.341 e. The molecule has 10 heteroatoms. The van der Waals surface area contributed by atoms with Crippen LogP contribution in [0.1, 0.15) is 43.9 Å². The van der Waals surface area contributed by atoms with Crippen LogP contribution >= 0.6 is 0 Å². The molecule has 2 aromatic rings. The van der Waals surface area contributed by atoms with Gasteiger partial charge in [0, 0.05) is 13.1 Å². The molecular weight excluding hydrogens is 438 g/mol. The molecule has 0 aliphatic carbocycles. The molecule has 5 N–H and O–H groups in total. The normalized spacial score (nSPS) is 10.5. The molecule has 0 aromatic heterocycles. The number of carboxylic acids is 1. The van der Waals surface area contributed by atoms with Crippen molar-refractivity contribution < 1.29 is 24.2 Å². The molecule has 2 rings (SSSR count). The van der Waals surface area contributed by atoms with Crippen molar-refractivity contribution in [3.8, 4) is 5.75 Å². The van der Waals surface area contributed by atoms with Gasteiger partial charge in [-0.15, -0.1) is 5.53 Å². The highest BCUT2D eigenvalue weighted by molar-refractivity contribution is 5.93. The Hall–Kier alpha value is -3.79. The number of hydrazine groups is 2. The fraction of sp³-hybridized carbons (Fsp3) is 0.375. The topological polar surface area (TPSA) is 132 Å². The fourth-order valence-corrected chi connectivity index (χ4v) is 3.01. The number of hydrogen-bond acceptors (Lipinski definition) is 6. The van der Waals surface area contributed by atoms with Crippen LogP contribution in [0.3, 0.4) is 0 Å². The van der Waals surface area contributed by atoms with Crippen molar-refractivity contribution in [3.05, 3.63) is 59.2 Å². The van der Waals surface area contributed by atoms with E-state index in [9.17, 15) is 14.4 Å². The smallest absolute Gasteiger partial charge is 0.341 e. The molecule has 34 heavy (non-hydrogen) atoms. The lowest BCUT2D eigenvalue weighted by atomic mass is 10.1. The molecule has 184 valence electrons. The fourth-order valence-electron chi connectivity index (χ4n) is 3.01. The lowest BCUT2D eigenvalue weighted by Gasteiger charge is -2.22. The summed E-state index contributed by atoms with van der Waals surface area (Å²) in [7, 11) is 0. The average molecular weight is 472 g/mol. The van der Waals surface area contributed by atoms with Crippen LogP contribution in [-0.2, 0) is 17.8 Å². The Morgan fingerprint density at radius 2 is 1.76 bits per heavy atom. The van der Waals surface area contributed by atoms with Crippen LogP contribution < -0.4 is 26.4 Å². The molecular formula is C24H33N5O5. The monoisotopic (exact) mass is 471 g/mol. The van der Waals surface area contributed by atoms with Gasteiger partial charge in [0.05, 0.1) is 18.2 Å². The third-order valence-electron chi connectivity index (χ3n) is 4.78. The van der Waals surface area contributed by atoms with Crippen LogP contribution in [0.25, 0.3) is 0 Å². The summed E-state index contributed by atoms with van der Waals surface area (Å²) in [5.41, 5.74) is 11.4. The van der Waals surface area contributed by atoms with Gasteiger partial charge in [0.2, 0.25) is 0 Å². The number of nitrogens with one attached hydrogen (secondary N) is 4. The van der Waals surface area contributed by atoms with Crippen LogP contribution in [0.2, 0.25) is 0 Å². The number of amides is 4. The number of nitrogens with zero attached hydrogens (tertiary/aromatic N) is 1. The Morgan fingerprint density at radius 3 is 2.38 bits per heavy atom. The Balaban J connectivity index is 1.95. The van der Waals surface area contributed by atoms with Gasteiger partial charge in [-0.05, 0) is 56.5 Å². The SMILES string of the molecule is CCc1cc(NNNC(=O)N(CCC(=O)O)C(=O)NCc2ccc(C)cc2)ccc1OC(C)C. The number of urea groups is 2. The number of anilines is 1. The number of aryl methyl sites for hydroxylation is 2. The maximum atomic E-state index is 12.6. The van der Waals surface area contributed by atoms with Crippen LogP contribution in [0.5, 0.6) is 5.75 Å². The molecule has 4 amide bonds. The zero-order chi connectivity index (χ0) is 25.1. The molecule has 0 spiro atoms. The summed E-state index contributed by atoms with van der Waals surface area (Å²) < 4.78 is 5.78. The molecule has 0 bridgehead atoms. The number of carbonyl (C=O) groups excluding carboxylic acids is 2. The van der Waals surface area contributed by atoms with Crippen LogP contribution in [0.15, 0.2) is 42.5 Å². The number of imide groups is 1. The molecule has 0 radical (unpaired) electrons. The zero-order valence-electron chi connectivity index (χ0n) is 20.0. The Bertz CT molecular complexity index is 978. The van der Waals surface area contributed by atoms with Gasteiger partial charge in [-0.2, -0.15) is 0 Å². The predicted octanol–water partition coefficient (Wildman–Crippen LogP) is 3.57. The van der Waals surface area contributed by atoms with Gasteiger partial charge >= 0.3 is 18.0 Å². The molecule has 0 atom stereocenters. The maximum absolute atomic E-state index is 12.6. The van der Waals surface area contributed by atoms with Gasteiger partial charge in [-0.3, -0.25) is 10.2 Å². The first-order chi connectivity index (χ1) is 16.2. The minimum atomic E-state index is -1.12. The third-order valence-corrected chi connectivity index (χ3v) is 4.78. The average Bonchev–Trinajstić information content (AvgIpc) is 2.79. The van der Waals surface area contributed by atoms with Gasteiger partial charge in [0.1, 0.15) is 5.75 Å². The Kier molecular flexibility index (Phi) is 10.2. The number of carboxylic acid groups (broad SMARTS) is 1. The van der Waals surface area contributed by atoms with Gasteiger partial charge < -0.3 is 20.6 Å². The van der Waals surface area contributed by atoms with Gasteiger partial charge in [-0.1, -0.05) is 36.8 Å². The molecule has 0 unspecified atom stereocenters. The van der Waals surface area contributed by atoms with Crippen molar-refractivity contribution in [3.63, 3.8) is 0 Å². The van der Waals surface area contributed by atoms with E-state index < -0.39 is 18.0 Å². The van der Waals surface area contributed by atoms with E-state index in [-0.39, 0.29) is 25.6 Å². The summed E-state index contributed by atoms with van der Waals surface area (Å²) in [5, 5.41) is 11.6. The van der Waals surface area contributed by atoms with E-state index in [0.717, 1.165) is 33.8 Å². The zero-order valence-corrected chi connectivity index (χ0v) is 20.0. The Morgan fingerprint density at radius 1 is 1.06 bits per heavy atom. The van der Waals surface area contributed by atoms with Gasteiger partial charge in [-0.25, -0.2) is 14.5 Å². The standard InChI is InChI=1S/C24H33N5O5/c1-5-19-14-20(10-11-21(19)34-16(2)3)26-28-27-24(33)29(13-12-22(30)31)23(32)25-15-18-8-6-17(4)7-9-18/h6-11,14,16,26,28H,5,12-13,15H2,1-4H3,(H,25,32)(H,27,33)(H,30,31). The summed E-state index contributed by atoms with van der Waals surface area (Å²) in [4.78, 5) is 36.9. The van der Waals surface area contributed by atoms with Crippen molar-refractivity contribution in [2.24, 2.45) is 0 Å². The summed E-state index contributed by atoms with van der Waals surface area (Å²) in [6.45, 7) is 7.79. The number of ether oxygens (including phenoxy) is 1. The van der Waals surface area contributed by atoms with Crippen molar-refractivity contribution in [1.29, 1.82) is 0 Å². The van der Waals surface area contributed by atoms with Crippen LogP contribution in [-0.4, -0.2) is 40.7 Å². The molecule has 2 aromatic carbocycles. The van der Waals surface area contributed by atoms with Gasteiger partial charge in [0.15, 0.2) is 0 Å². The van der Waals surface area contributed by atoms with E-state index in [1.165, 1.54) is 0 Å². The first kappa shape index (κ1) is 26.5. The highest BCUT2D eigenvalue weighted by Gasteiger charge is 2.22. The van der Waals surface area contributed by atoms with Crippen molar-refractivity contribution in [2.75, 3.05) is 12.0 Å². The first-order valence-corrected chi connectivity index (χ1v) is 11.1. The van der Waals surface area contributed by atoms with E-state index in [1.807, 2.05) is 64.1 Å². The molecule has 0 saturated heterocycles.